The summed E-state index contributed by atoms with van der Waals surface area (Å²) < 4.78 is 0.653. The molecule has 0 bridgehead atoms. The molecule has 0 radical (unpaired) electrons. The minimum atomic E-state index is -1.89. The van der Waals surface area contributed by atoms with E-state index >= 15 is 0 Å². The van der Waals surface area contributed by atoms with E-state index in [0.29, 0.717) is 4.57 Å². The van der Waals surface area contributed by atoms with Crippen molar-refractivity contribution >= 4 is 11.9 Å². The van der Waals surface area contributed by atoms with E-state index in [-0.39, 0.29) is 35.0 Å². The van der Waals surface area contributed by atoms with E-state index in [1.165, 1.54) is 13.8 Å². The van der Waals surface area contributed by atoms with Crippen molar-refractivity contribution in [3.63, 3.8) is 0 Å². The molecule has 0 atom stereocenters. The summed E-state index contributed by atoms with van der Waals surface area (Å²) in [5.41, 5.74) is -4.20. The van der Waals surface area contributed by atoms with Gasteiger partial charge in [-0.15, -0.1) is 0 Å². The van der Waals surface area contributed by atoms with Gasteiger partial charge in [-0.1, -0.05) is 0 Å². The predicted octanol–water partition coefficient (Wildman–Crippen LogP) is -5.64. The maximum Gasteiger partial charge on any atom is 1.00 e. The van der Waals surface area contributed by atoms with Crippen LogP contribution in [-0.2, 0) is 0 Å². The number of aromatic carboxylic acids is 2. The summed E-state index contributed by atoms with van der Waals surface area (Å²) in [6.07, 6.45) is 0. The fourth-order valence-corrected chi connectivity index (χ4v) is 1.44. The fraction of sp³-hybridized carbons (Fsp3) is 0.333. The molecule has 4 N–H and O–H groups in total. The van der Waals surface area contributed by atoms with Crippen LogP contribution in [0.1, 0.15) is 40.7 Å². The molecule has 1 rings (SSSR count). The SMILES string of the molecule is CC(C)n1c(C(=O)[O-])c(C(=O)O)c(=O)[nH]c1=O.O.[Na+]. The van der Waals surface area contributed by atoms with Gasteiger partial charge in [-0.25, -0.2) is 9.59 Å². The third-order valence-electron chi connectivity index (χ3n) is 2.07. The molecular formula is C9H11N2NaO7. The number of nitrogens with one attached hydrogen (secondary N) is 1. The second-order valence-corrected chi connectivity index (χ2v) is 3.54. The van der Waals surface area contributed by atoms with Gasteiger partial charge in [0.1, 0.15) is 0 Å². The van der Waals surface area contributed by atoms with Crippen molar-refractivity contribution in [2.24, 2.45) is 0 Å². The first-order valence-corrected chi connectivity index (χ1v) is 4.60. The van der Waals surface area contributed by atoms with Crippen molar-refractivity contribution in [2.75, 3.05) is 0 Å². The molecule has 100 valence electrons. The van der Waals surface area contributed by atoms with Gasteiger partial charge in [-0.2, -0.15) is 0 Å². The van der Waals surface area contributed by atoms with Crippen LogP contribution in [0.4, 0.5) is 0 Å². The van der Waals surface area contributed by atoms with Gasteiger partial charge in [-0.05, 0) is 13.8 Å². The second kappa shape index (κ2) is 7.24. The minimum absolute atomic E-state index is 0. The summed E-state index contributed by atoms with van der Waals surface area (Å²) in [5, 5.41) is 19.6. The average molecular weight is 282 g/mol. The van der Waals surface area contributed by atoms with Crippen LogP contribution in [0.25, 0.3) is 0 Å². The van der Waals surface area contributed by atoms with E-state index in [4.69, 9.17) is 5.11 Å². The zero-order valence-electron chi connectivity index (χ0n) is 10.5. The number of H-pyrrole nitrogens is 1. The fourth-order valence-electron chi connectivity index (χ4n) is 1.44. The number of rotatable bonds is 3. The molecule has 0 fully saturated rings. The third-order valence-corrected chi connectivity index (χ3v) is 2.07. The van der Waals surface area contributed by atoms with E-state index in [1.807, 2.05) is 0 Å². The first kappa shape index (κ1) is 19.9. The van der Waals surface area contributed by atoms with Crippen LogP contribution in [0.3, 0.4) is 0 Å². The monoisotopic (exact) mass is 282 g/mol. The Bertz CT molecular complexity index is 602. The zero-order valence-corrected chi connectivity index (χ0v) is 12.5. The largest absolute Gasteiger partial charge is 1.00 e. The molecule has 1 aromatic rings. The Kier molecular flexibility index (Phi) is 7.58. The van der Waals surface area contributed by atoms with Gasteiger partial charge in [0, 0.05) is 6.04 Å². The van der Waals surface area contributed by atoms with Crippen molar-refractivity contribution in [3.8, 4) is 0 Å². The van der Waals surface area contributed by atoms with Crippen LogP contribution in [0, 0.1) is 0 Å². The molecule has 0 aliphatic rings. The van der Waals surface area contributed by atoms with Crippen LogP contribution < -0.4 is 45.9 Å². The molecule has 0 saturated heterocycles. The number of hydrogen-bond donors (Lipinski definition) is 2. The van der Waals surface area contributed by atoms with E-state index in [2.05, 4.69) is 0 Å². The molecule has 0 amide bonds. The predicted molar refractivity (Wildman–Crippen MR) is 56.6 cm³/mol. The molecule has 0 aliphatic heterocycles. The number of carboxylic acid groups (broad SMARTS) is 2. The number of hydrogen-bond acceptors (Lipinski definition) is 5. The Morgan fingerprint density at radius 1 is 1.32 bits per heavy atom. The van der Waals surface area contributed by atoms with Crippen molar-refractivity contribution in [1.82, 2.24) is 9.55 Å². The van der Waals surface area contributed by atoms with E-state index in [0.717, 1.165) is 0 Å². The van der Waals surface area contributed by atoms with Crippen molar-refractivity contribution in [1.29, 1.82) is 0 Å². The van der Waals surface area contributed by atoms with Crippen LogP contribution in [-0.4, -0.2) is 32.1 Å². The minimum Gasteiger partial charge on any atom is -0.543 e. The standard InChI is InChI=1S/C9H10N2O6.Na.H2O/c1-3(2)11-5(8(15)16)4(7(13)14)6(12)10-9(11)17;;/h3H,1-2H3,(H,13,14)(H,15,16)(H,10,12,17);;1H2/q;+1;/p-1. The van der Waals surface area contributed by atoms with E-state index in [9.17, 15) is 24.3 Å². The van der Waals surface area contributed by atoms with Gasteiger partial charge in [-0.3, -0.25) is 14.3 Å². The van der Waals surface area contributed by atoms with Gasteiger partial charge in [0.25, 0.3) is 5.56 Å². The Morgan fingerprint density at radius 2 is 1.79 bits per heavy atom. The van der Waals surface area contributed by atoms with Crippen molar-refractivity contribution in [3.05, 3.63) is 32.1 Å². The van der Waals surface area contributed by atoms with Gasteiger partial charge >= 0.3 is 41.2 Å². The van der Waals surface area contributed by atoms with Gasteiger partial charge in [0.05, 0.1) is 11.7 Å². The summed E-state index contributed by atoms with van der Waals surface area (Å²) in [5.74, 6) is -3.63. The first-order valence-electron chi connectivity index (χ1n) is 4.60. The normalized spacial score (nSPS) is 9.42. The molecule has 9 nitrogen and oxygen atoms in total. The van der Waals surface area contributed by atoms with Gasteiger partial charge in [0.15, 0.2) is 5.56 Å². The average Bonchev–Trinajstić information content (AvgIpc) is 2.14. The summed E-state index contributed by atoms with van der Waals surface area (Å²) in [4.78, 5) is 46.1. The number of nitrogens with zero attached hydrogens (tertiary/aromatic N) is 1. The second-order valence-electron chi connectivity index (χ2n) is 3.54. The quantitative estimate of drug-likeness (QED) is 0.524. The van der Waals surface area contributed by atoms with E-state index < -0.39 is 40.5 Å². The molecule has 0 spiro atoms. The maximum atomic E-state index is 11.4. The number of aromatic amines is 1. The Labute approximate surface area is 128 Å². The van der Waals surface area contributed by atoms with Crippen LogP contribution in [0.15, 0.2) is 9.59 Å². The van der Waals surface area contributed by atoms with Crippen LogP contribution >= 0.6 is 0 Å². The topological polar surface area (TPSA) is 164 Å². The smallest absolute Gasteiger partial charge is 0.543 e. The molecular weight excluding hydrogens is 271 g/mol. The zero-order chi connectivity index (χ0) is 13.3. The van der Waals surface area contributed by atoms with Crippen LogP contribution in [0.2, 0.25) is 0 Å². The number of carbonyl (C=O) groups excluding carboxylic acids is 1. The molecule has 0 saturated carbocycles. The molecule has 10 heteroatoms. The van der Waals surface area contributed by atoms with Gasteiger partial charge in [0.2, 0.25) is 0 Å². The van der Waals surface area contributed by atoms with E-state index in [1.54, 1.807) is 4.98 Å². The molecule has 0 aromatic carbocycles. The molecule has 0 unspecified atom stereocenters. The third kappa shape index (κ3) is 3.77. The summed E-state index contributed by atoms with van der Waals surface area (Å²) >= 11 is 0. The summed E-state index contributed by atoms with van der Waals surface area (Å²) in [6.45, 7) is 2.94. The summed E-state index contributed by atoms with van der Waals surface area (Å²) in [6, 6.07) is -0.634. The maximum absolute atomic E-state index is 11.4. The van der Waals surface area contributed by atoms with Crippen molar-refractivity contribution < 1.29 is 54.8 Å². The Balaban J connectivity index is 0. The molecule has 19 heavy (non-hydrogen) atoms. The number of aromatic nitrogens is 2. The number of carbonyl (C=O) groups is 2. The van der Waals surface area contributed by atoms with Gasteiger partial charge < -0.3 is 20.5 Å². The van der Waals surface area contributed by atoms with Crippen molar-refractivity contribution in [2.45, 2.75) is 19.9 Å². The molecule has 1 heterocycles. The molecule has 0 aliphatic carbocycles. The number of carboxylic acids is 2. The Morgan fingerprint density at radius 3 is 2.11 bits per heavy atom. The first-order chi connectivity index (χ1) is 7.77. The summed E-state index contributed by atoms with van der Waals surface area (Å²) in [7, 11) is 0. The Hall–Kier alpha value is -1.42. The van der Waals surface area contributed by atoms with Crippen LogP contribution in [0.5, 0.6) is 0 Å². The molecule has 1 aromatic heterocycles.